The topological polar surface area (TPSA) is 83.9 Å². The molecule has 9 heteroatoms. The number of pyridine rings is 1. The fourth-order valence-corrected chi connectivity index (χ4v) is 4.99. The number of allylic oxidation sites excluding steroid dienone is 1. The Balaban J connectivity index is 1.54. The number of hydrogen-bond donors (Lipinski definition) is 1. The summed E-state index contributed by atoms with van der Waals surface area (Å²) in [6, 6.07) is 12.6. The van der Waals surface area contributed by atoms with Gasteiger partial charge in [0.1, 0.15) is 0 Å². The van der Waals surface area contributed by atoms with Gasteiger partial charge in [-0.05, 0) is 49.1 Å². The number of nitrogens with zero attached hydrogens (tertiary/aromatic N) is 3. The van der Waals surface area contributed by atoms with Crippen LogP contribution in [0.15, 0.2) is 76.0 Å². The van der Waals surface area contributed by atoms with Gasteiger partial charge in [-0.15, -0.1) is 0 Å². The molecule has 1 amide bonds. The van der Waals surface area contributed by atoms with Crippen molar-refractivity contribution < 1.29 is 14.3 Å². The van der Waals surface area contributed by atoms with Crippen molar-refractivity contribution in [2.24, 2.45) is 4.99 Å². The first-order valence-electron chi connectivity index (χ1n) is 11.0. The van der Waals surface area contributed by atoms with Crippen molar-refractivity contribution in [1.82, 2.24) is 15.2 Å². The number of amides is 1. The van der Waals surface area contributed by atoms with Crippen molar-refractivity contribution in [2.75, 3.05) is 13.2 Å². The zero-order valence-electron chi connectivity index (χ0n) is 19.0. The largest absolute Gasteiger partial charge is 0.463 e. The van der Waals surface area contributed by atoms with E-state index in [2.05, 4.69) is 15.3 Å². The smallest absolute Gasteiger partial charge is 0.338 e. The van der Waals surface area contributed by atoms with E-state index in [0.717, 1.165) is 22.1 Å². The van der Waals surface area contributed by atoms with Gasteiger partial charge in [0.25, 0.3) is 0 Å². The van der Waals surface area contributed by atoms with Gasteiger partial charge in [0.2, 0.25) is 5.91 Å². The summed E-state index contributed by atoms with van der Waals surface area (Å²) in [5.74, 6) is -0.526. The maximum Gasteiger partial charge on any atom is 0.338 e. The third kappa shape index (κ3) is 5.34. The van der Waals surface area contributed by atoms with Crippen LogP contribution >= 0.6 is 23.4 Å². The lowest BCUT2D eigenvalue weighted by Crippen LogP contribution is -2.38. The number of hydrogen-bond acceptors (Lipinski definition) is 7. The van der Waals surface area contributed by atoms with Gasteiger partial charge in [0.05, 0.1) is 30.3 Å². The summed E-state index contributed by atoms with van der Waals surface area (Å²) >= 11 is 7.56. The first-order valence-corrected chi connectivity index (χ1v) is 12.3. The Morgan fingerprint density at radius 2 is 2.00 bits per heavy atom. The quantitative estimate of drug-likeness (QED) is 0.537. The summed E-state index contributed by atoms with van der Waals surface area (Å²) in [5.41, 5.74) is 3.62. The maximum atomic E-state index is 12.9. The van der Waals surface area contributed by atoms with Crippen LogP contribution in [0, 0.1) is 0 Å². The molecule has 0 saturated heterocycles. The van der Waals surface area contributed by atoms with Crippen LogP contribution in [0.25, 0.3) is 0 Å². The van der Waals surface area contributed by atoms with E-state index in [1.54, 1.807) is 25.3 Å². The lowest BCUT2D eigenvalue weighted by molar-refractivity contribution is -0.139. The molecule has 0 spiro atoms. The molecule has 0 aliphatic carbocycles. The number of amidine groups is 1. The van der Waals surface area contributed by atoms with Gasteiger partial charge in [-0.25, -0.2) is 9.79 Å². The van der Waals surface area contributed by atoms with Crippen LogP contribution in [0.1, 0.15) is 37.6 Å². The average molecular weight is 497 g/mol. The number of thioether (sulfide) groups is 1. The van der Waals surface area contributed by atoms with Crippen LogP contribution in [-0.2, 0) is 20.7 Å². The summed E-state index contributed by atoms with van der Waals surface area (Å²) in [4.78, 5) is 36.6. The molecule has 1 N–H and O–H groups in total. The lowest BCUT2D eigenvalue weighted by atomic mass is 9.94. The Hall–Kier alpha value is -3.10. The molecule has 34 heavy (non-hydrogen) atoms. The molecule has 0 fully saturated rings. The summed E-state index contributed by atoms with van der Waals surface area (Å²) < 4.78 is 5.36. The summed E-state index contributed by atoms with van der Waals surface area (Å²) in [5, 5.41) is 6.21. The number of aliphatic imine (C=N–C) groups is 1. The third-order valence-corrected chi connectivity index (χ3v) is 6.59. The highest BCUT2D eigenvalue weighted by Crippen LogP contribution is 2.44. The monoisotopic (exact) mass is 496 g/mol. The van der Waals surface area contributed by atoms with Gasteiger partial charge in [-0.3, -0.25) is 9.78 Å². The Morgan fingerprint density at radius 3 is 2.71 bits per heavy atom. The summed E-state index contributed by atoms with van der Waals surface area (Å²) in [6.45, 7) is 4.33. The van der Waals surface area contributed by atoms with Crippen LogP contribution < -0.4 is 5.32 Å². The molecule has 7 nitrogen and oxygen atoms in total. The van der Waals surface area contributed by atoms with Crippen molar-refractivity contribution in [3.05, 3.63) is 87.3 Å². The molecule has 1 aromatic heterocycles. The highest BCUT2D eigenvalue weighted by molar-refractivity contribution is 8.16. The van der Waals surface area contributed by atoms with Gasteiger partial charge in [0.15, 0.2) is 5.17 Å². The van der Waals surface area contributed by atoms with E-state index in [-0.39, 0.29) is 18.9 Å². The van der Waals surface area contributed by atoms with Crippen LogP contribution in [-0.4, -0.2) is 40.1 Å². The van der Waals surface area contributed by atoms with E-state index >= 15 is 0 Å². The predicted molar refractivity (Wildman–Crippen MR) is 134 cm³/mol. The molecule has 2 aliphatic rings. The molecule has 0 bridgehead atoms. The van der Waals surface area contributed by atoms with Crippen molar-refractivity contribution in [3.63, 3.8) is 0 Å². The third-order valence-electron chi connectivity index (χ3n) is 5.45. The Bertz CT molecular complexity index is 1160. The minimum Gasteiger partial charge on any atom is -0.463 e. The highest BCUT2D eigenvalue weighted by Gasteiger charge is 2.41. The fraction of sp³-hybridized carbons (Fsp3) is 0.280. The molecule has 3 heterocycles. The van der Waals surface area contributed by atoms with Crippen molar-refractivity contribution in [2.45, 2.75) is 32.7 Å². The molecule has 2 aliphatic heterocycles. The highest BCUT2D eigenvalue weighted by atomic mass is 35.5. The molecule has 0 radical (unpaired) electrons. The first kappa shape index (κ1) is 24.0. The number of esters is 1. The lowest BCUT2D eigenvalue weighted by Gasteiger charge is -2.36. The molecule has 1 aromatic carbocycles. The maximum absolute atomic E-state index is 12.9. The Kier molecular flexibility index (Phi) is 7.70. The number of aromatic nitrogens is 1. The molecule has 1 atom stereocenters. The molecule has 2 aromatic rings. The number of halogens is 1. The Morgan fingerprint density at radius 1 is 1.21 bits per heavy atom. The Labute approximate surface area is 207 Å². The van der Waals surface area contributed by atoms with Crippen LogP contribution in [0.4, 0.5) is 0 Å². The van der Waals surface area contributed by atoms with E-state index in [4.69, 9.17) is 16.3 Å². The second-order valence-corrected chi connectivity index (χ2v) is 9.04. The number of nitrogens with one attached hydrogen (secondary N) is 1. The zero-order valence-corrected chi connectivity index (χ0v) is 20.5. The minimum absolute atomic E-state index is 0.108. The molecular weight excluding hydrogens is 472 g/mol. The molecule has 0 unspecified atom stereocenters. The SMILES string of the molecule is CCOC(=O)C1=C(C)N=C2SC=C(CC(=O)NCCc3ccccn3)N2[C@H]1c1ccc(Cl)cc1. The van der Waals surface area contributed by atoms with E-state index < -0.39 is 12.0 Å². The summed E-state index contributed by atoms with van der Waals surface area (Å²) in [6.07, 6.45) is 2.55. The van der Waals surface area contributed by atoms with Gasteiger partial charge < -0.3 is 15.0 Å². The van der Waals surface area contributed by atoms with E-state index in [0.29, 0.717) is 29.3 Å². The molecule has 4 rings (SSSR count). The van der Waals surface area contributed by atoms with Crippen molar-refractivity contribution >= 4 is 40.4 Å². The number of ether oxygens (including phenoxy) is 1. The van der Waals surface area contributed by atoms with E-state index in [1.165, 1.54) is 11.8 Å². The van der Waals surface area contributed by atoms with Gasteiger partial charge >= 0.3 is 5.97 Å². The molecular formula is C25H25ClN4O3S. The van der Waals surface area contributed by atoms with Gasteiger partial charge in [-0.2, -0.15) is 0 Å². The standard InChI is InChI=1S/C25H25ClN4O3S/c1-3-33-24(32)22-16(2)29-25-30(23(22)17-7-9-18(26)10-8-17)20(15-34-25)14-21(31)28-13-11-19-6-4-5-12-27-19/h4-10,12,15,23H,3,11,13-14H2,1-2H3,(H,28,31)/t23-/m0/s1. The number of fused-ring (bicyclic) bond motifs is 1. The molecule has 176 valence electrons. The normalized spacial score (nSPS) is 17.1. The average Bonchev–Trinajstić information content (AvgIpc) is 3.21. The second kappa shape index (κ2) is 10.9. The zero-order chi connectivity index (χ0) is 24.1. The van der Waals surface area contributed by atoms with Gasteiger partial charge in [-0.1, -0.05) is 41.6 Å². The summed E-state index contributed by atoms with van der Waals surface area (Å²) in [7, 11) is 0. The number of carbonyl (C=O) groups is 2. The van der Waals surface area contributed by atoms with Crippen molar-refractivity contribution in [3.8, 4) is 0 Å². The number of rotatable bonds is 8. The minimum atomic E-state index is -0.466. The van der Waals surface area contributed by atoms with Crippen molar-refractivity contribution in [1.29, 1.82) is 0 Å². The van der Waals surface area contributed by atoms with E-state index in [9.17, 15) is 9.59 Å². The van der Waals surface area contributed by atoms with E-state index in [1.807, 2.05) is 47.6 Å². The van der Waals surface area contributed by atoms with Gasteiger partial charge in [0, 0.05) is 35.6 Å². The second-order valence-electron chi connectivity index (χ2n) is 7.76. The number of benzene rings is 1. The number of carbonyl (C=O) groups excluding carboxylic acids is 2. The van der Waals surface area contributed by atoms with Crippen LogP contribution in [0.2, 0.25) is 5.02 Å². The fourth-order valence-electron chi connectivity index (χ4n) is 3.90. The predicted octanol–water partition coefficient (Wildman–Crippen LogP) is 4.62. The first-order chi connectivity index (χ1) is 16.5. The van der Waals surface area contributed by atoms with Crippen LogP contribution in [0.5, 0.6) is 0 Å². The molecule has 0 saturated carbocycles. The van der Waals surface area contributed by atoms with Crippen LogP contribution in [0.3, 0.4) is 0 Å².